The van der Waals surface area contributed by atoms with E-state index in [1.807, 2.05) is 12.1 Å². The smallest absolute Gasteiger partial charge is 0.322 e. The highest BCUT2D eigenvalue weighted by Crippen LogP contribution is 2.49. The molecular formula is C18H22N2O4. The van der Waals surface area contributed by atoms with E-state index in [0.717, 1.165) is 18.4 Å². The maximum absolute atomic E-state index is 12.4. The largest absolute Gasteiger partial charge is 0.481 e. The van der Waals surface area contributed by atoms with E-state index in [2.05, 4.69) is 29.7 Å². The molecule has 0 bridgehead atoms. The fraction of sp³-hybridized carbons (Fsp3) is 0.500. The van der Waals surface area contributed by atoms with Gasteiger partial charge in [-0.3, -0.25) is 14.9 Å². The molecule has 3 amide bonds. The van der Waals surface area contributed by atoms with E-state index in [0.29, 0.717) is 19.3 Å². The lowest BCUT2D eigenvalue weighted by Crippen LogP contribution is -2.50. The number of hydrogen-bond acceptors (Lipinski definition) is 3. The predicted octanol–water partition coefficient (Wildman–Crippen LogP) is 1.87. The molecule has 1 aliphatic carbocycles. The van der Waals surface area contributed by atoms with Crippen LogP contribution < -0.4 is 10.6 Å². The van der Waals surface area contributed by atoms with E-state index in [1.165, 1.54) is 5.56 Å². The van der Waals surface area contributed by atoms with Crippen LogP contribution in [0.4, 0.5) is 4.79 Å². The standard InChI is InChI=1S/C18H22N2O4/c1-2-4-11-5-3-6-12(9-11)7-8-18(14-10-13(14)15(21)22)16(23)19-17(24)20-18/h3,5-6,9,13-14H,2,4,7-8,10H2,1H3,(H,21,22)(H2,19,20,23,24)/t13-,14-,18?/m0/s1. The lowest BCUT2D eigenvalue weighted by Gasteiger charge is -2.26. The lowest BCUT2D eigenvalue weighted by molar-refractivity contribution is -0.139. The first-order chi connectivity index (χ1) is 11.5. The van der Waals surface area contributed by atoms with Crippen LogP contribution >= 0.6 is 0 Å². The number of carboxylic acid groups (broad SMARTS) is 1. The Morgan fingerprint density at radius 3 is 2.54 bits per heavy atom. The summed E-state index contributed by atoms with van der Waals surface area (Å²) in [5.41, 5.74) is 1.25. The van der Waals surface area contributed by atoms with Crippen molar-refractivity contribution in [1.82, 2.24) is 10.6 Å². The molecule has 0 radical (unpaired) electrons. The number of amides is 3. The molecule has 1 aromatic carbocycles. The number of aryl methyl sites for hydroxylation is 2. The number of carbonyl (C=O) groups excluding carboxylic acids is 2. The second kappa shape index (κ2) is 6.26. The first-order valence-electron chi connectivity index (χ1n) is 8.40. The van der Waals surface area contributed by atoms with Gasteiger partial charge in [0.15, 0.2) is 0 Å². The topological polar surface area (TPSA) is 95.5 Å². The van der Waals surface area contributed by atoms with Crippen LogP contribution in [0.2, 0.25) is 0 Å². The SMILES string of the molecule is CCCc1cccc(CCC2([C@H]3C[C@@H]3C(=O)O)NC(=O)NC2=O)c1. The van der Waals surface area contributed by atoms with Crippen molar-refractivity contribution < 1.29 is 19.5 Å². The fourth-order valence-corrected chi connectivity index (χ4v) is 3.71. The number of hydrogen-bond donors (Lipinski definition) is 3. The number of nitrogens with one attached hydrogen (secondary N) is 2. The molecule has 0 spiro atoms. The van der Waals surface area contributed by atoms with E-state index in [9.17, 15) is 19.5 Å². The fourth-order valence-electron chi connectivity index (χ4n) is 3.71. The Morgan fingerprint density at radius 2 is 2.00 bits per heavy atom. The molecule has 1 unspecified atom stereocenters. The average molecular weight is 330 g/mol. The van der Waals surface area contributed by atoms with Gasteiger partial charge >= 0.3 is 12.0 Å². The van der Waals surface area contributed by atoms with Gasteiger partial charge in [0, 0.05) is 5.92 Å². The third-order valence-corrected chi connectivity index (χ3v) is 5.05. The maximum Gasteiger partial charge on any atom is 0.322 e. The number of rotatable bonds is 7. The normalized spacial score (nSPS) is 28.4. The van der Waals surface area contributed by atoms with E-state index in [-0.39, 0.29) is 5.92 Å². The third kappa shape index (κ3) is 3.00. The second-order valence-corrected chi connectivity index (χ2v) is 6.74. The summed E-state index contributed by atoms with van der Waals surface area (Å²) in [6.45, 7) is 2.12. The molecule has 3 atom stereocenters. The molecule has 128 valence electrons. The Bertz CT molecular complexity index is 687. The average Bonchev–Trinajstić information content (AvgIpc) is 3.28. The molecule has 1 aromatic rings. The predicted molar refractivity (Wildman–Crippen MR) is 87.4 cm³/mol. The summed E-state index contributed by atoms with van der Waals surface area (Å²) in [5, 5.41) is 14.2. The van der Waals surface area contributed by atoms with Gasteiger partial charge in [0.1, 0.15) is 5.54 Å². The zero-order valence-corrected chi connectivity index (χ0v) is 13.7. The monoisotopic (exact) mass is 330 g/mol. The first-order valence-corrected chi connectivity index (χ1v) is 8.40. The third-order valence-electron chi connectivity index (χ3n) is 5.05. The first kappa shape index (κ1) is 16.5. The van der Waals surface area contributed by atoms with Crippen LogP contribution in [0.15, 0.2) is 24.3 Å². The van der Waals surface area contributed by atoms with Crippen molar-refractivity contribution in [3.63, 3.8) is 0 Å². The van der Waals surface area contributed by atoms with Crippen LogP contribution in [-0.4, -0.2) is 28.6 Å². The highest BCUT2D eigenvalue weighted by Gasteiger charge is 2.62. The molecular weight excluding hydrogens is 308 g/mol. The molecule has 0 aromatic heterocycles. The van der Waals surface area contributed by atoms with Crippen LogP contribution in [0.5, 0.6) is 0 Å². The van der Waals surface area contributed by atoms with Crippen molar-refractivity contribution in [2.24, 2.45) is 11.8 Å². The van der Waals surface area contributed by atoms with Gasteiger partial charge in [-0.15, -0.1) is 0 Å². The zero-order valence-electron chi connectivity index (χ0n) is 13.7. The number of carboxylic acids is 1. The van der Waals surface area contributed by atoms with Gasteiger partial charge in [0.25, 0.3) is 5.91 Å². The molecule has 1 heterocycles. The van der Waals surface area contributed by atoms with E-state index in [4.69, 9.17) is 0 Å². The van der Waals surface area contributed by atoms with Gasteiger partial charge < -0.3 is 10.4 Å². The van der Waals surface area contributed by atoms with Gasteiger partial charge in [-0.05, 0) is 36.8 Å². The summed E-state index contributed by atoms with van der Waals surface area (Å²) in [5.74, 6) is -2.19. The highest BCUT2D eigenvalue weighted by molar-refractivity contribution is 6.07. The minimum atomic E-state index is -1.10. The van der Waals surface area contributed by atoms with Gasteiger partial charge in [-0.2, -0.15) is 0 Å². The van der Waals surface area contributed by atoms with Crippen molar-refractivity contribution in [3.8, 4) is 0 Å². The van der Waals surface area contributed by atoms with Gasteiger partial charge in [0.05, 0.1) is 5.92 Å². The molecule has 1 saturated heterocycles. The number of benzene rings is 1. The second-order valence-electron chi connectivity index (χ2n) is 6.74. The summed E-state index contributed by atoms with van der Waals surface area (Å²) < 4.78 is 0. The van der Waals surface area contributed by atoms with Crippen molar-refractivity contribution in [2.45, 2.75) is 44.6 Å². The molecule has 3 rings (SSSR count). The number of aliphatic carboxylic acids is 1. The van der Waals surface area contributed by atoms with Crippen molar-refractivity contribution >= 4 is 17.9 Å². The summed E-state index contributed by atoms with van der Waals surface area (Å²) in [6.07, 6.45) is 3.52. The number of imide groups is 1. The Kier molecular flexibility index (Phi) is 4.30. The number of urea groups is 1. The lowest BCUT2D eigenvalue weighted by atomic mass is 9.85. The van der Waals surface area contributed by atoms with Crippen LogP contribution in [-0.2, 0) is 22.4 Å². The van der Waals surface area contributed by atoms with Gasteiger partial charge in [-0.25, -0.2) is 4.79 Å². The van der Waals surface area contributed by atoms with E-state index in [1.54, 1.807) is 0 Å². The minimum Gasteiger partial charge on any atom is -0.481 e. The van der Waals surface area contributed by atoms with Crippen LogP contribution in [0, 0.1) is 11.8 Å². The van der Waals surface area contributed by atoms with Crippen LogP contribution in [0.1, 0.15) is 37.3 Å². The van der Waals surface area contributed by atoms with E-state index >= 15 is 0 Å². The quantitative estimate of drug-likeness (QED) is 0.665. The summed E-state index contributed by atoms with van der Waals surface area (Å²) in [4.78, 5) is 35.2. The van der Waals surface area contributed by atoms with Gasteiger partial charge in [0.2, 0.25) is 0 Å². The Hall–Kier alpha value is -2.37. The molecule has 1 aliphatic heterocycles. The molecule has 3 N–H and O–H groups in total. The molecule has 2 aliphatic rings. The van der Waals surface area contributed by atoms with Crippen LogP contribution in [0.25, 0.3) is 0 Å². The molecule has 2 fully saturated rings. The Morgan fingerprint density at radius 1 is 1.29 bits per heavy atom. The summed E-state index contributed by atoms with van der Waals surface area (Å²) in [7, 11) is 0. The van der Waals surface area contributed by atoms with Crippen molar-refractivity contribution in [2.75, 3.05) is 0 Å². The highest BCUT2D eigenvalue weighted by atomic mass is 16.4. The van der Waals surface area contributed by atoms with Crippen LogP contribution in [0.3, 0.4) is 0 Å². The molecule has 6 heteroatoms. The molecule has 1 saturated carbocycles. The maximum atomic E-state index is 12.4. The van der Waals surface area contributed by atoms with Gasteiger partial charge in [-0.1, -0.05) is 37.6 Å². The van der Waals surface area contributed by atoms with Crippen molar-refractivity contribution in [1.29, 1.82) is 0 Å². The van der Waals surface area contributed by atoms with E-state index < -0.39 is 29.4 Å². The number of carbonyl (C=O) groups is 3. The summed E-state index contributed by atoms with van der Waals surface area (Å²) >= 11 is 0. The Balaban J connectivity index is 1.76. The minimum absolute atomic E-state index is 0.333. The summed E-state index contributed by atoms with van der Waals surface area (Å²) in [6, 6.07) is 7.66. The zero-order chi connectivity index (χ0) is 17.3. The molecule has 6 nitrogen and oxygen atoms in total. The van der Waals surface area contributed by atoms with Crippen molar-refractivity contribution in [3.05, 3.63) is 35.4 Å². The molecule has 24 heavy (non-hydrogen) atoms. The Labute approximate surface area is 140 Å².